The van der Waals surface area contributed by atoms with Gasteiger partial charge >= 0.3 is 0 Å². The van der Waals surface area contributed by atoms with Gasteiger partial charge in [-0.05, 0) is 59.9 Å². The van der Waals surface area contributed by atoms with E-state index in [9.17, 15) is 4.79 Å². The summed E-state index contributed by atoms with van der Waals surface area (Å²) in [7, 11) is 3.21. The molecule has 0 aromatic heterocycles. The van der Waals surface area contributed by atoms with Gasteiger partial charge in [-0.25, -0.2) is 0 Å². The summed E-state index contributed by atoms with van der Waals surface area (Å²) in [5.41, 5.74) is 0.706. The SMILES string of the molecule is CCCC1CCCN(C(=O)c2cc(OC)c(OC)cc2I)CC1. The van der Waals surface area contributed by atoms with Crippen LogP contribution >= 0.6 is 22.6 Å². The zero-order valence-corrected chi connectivity index (χ0v) is 16.4. The molecule has 0 saturated carbocycles. The number of likely N-dealkylation sites (tertiary alicyclic amines) is 1. The first kappa shape index (κ1) is 18.4. The number of nitrogens with zero attached hydrogens (tertiary/aromatic N) is 1. The van der Waals surface area contributed by atoms with Crippen LogP contribution in [0.3, 0.4) is 0 Å². The van der Waals surface area contributed by atoms with Crippen molar-refractivity contribution in [2.24, 2.45) is 5.92 Å². The second kappa shape index (κ2) is 8.76. The number of hydrogen-bond donors (Lipinski definition) is 0. The van der Waals surface area contributed by atoms with Crippen molar-refractivity contribution in [1.82, 2.24) is 4.90 Å². The van der Waals surface area contributed by atoms with Crippen LogP contribution in [0.1, 0.15) is 49.4 Å². The monoisotopic (exact) mass is 431 g/mol. The molecule has 1 aliphatic rings. The highest BCUT2D eigenvalue weighted by Crippen LogP contribution is 2.32. The lowest BCUT2D eigenvalue weighted by Gasteiger charge is -2.22. The molecule has 1 amide bonds. The maximum Gasteiger partial charge on any atom is 0.255 e. The van der Waals surface area contributed by atoms with Gasteiger partial charge in [0, 0.05) is 16.7 Å². The van der Waals surface area contributed by atoms with Crippen molar-refractivity contribution in [2.75, 3.05) is 27.3 Å². The van der Waals surface area contributed by atoms with Crippen molar-refractivity contribution in [3.05, 3.63) is 21.3 Å². The molecule has 0 N–H and O–H groups in total. The molecule has 1 heterocycles. The van der Waals surface area contributed by atoms with Gasteiger partial charge in [-0.2, -0.15) is 0 Å². The van der Waals surface area contributed by atoms with Crippen molar-refractivity contribution < 1.29 is 14.3 Å². The van der Waals surface area contributed by atoms with Crippen LogP contribution in [-0.2, 0) is 0 Å². The summed E-state index contributed by atoms with van der Waals surface area (Å²) in [5.74, 6) is 2.14. The standard InChI is InChI=1S/C18H26INO3/c1-4-6-13-7-5-9-20(10-8-13)18(21)14-11-16(22-2)17(23-3)12-15(14)19/h11-13H,4-10H2,1-3H3. The topological polar surface area (TPSA) is 38.8 Å². The minimum atomic E-state index is 0.104. The third-order valence-electron chi connectivity index (χ3n) is 4.54. The van der Waals surface area contributed by atoms with Gasteiger partial charge in [0.2, 0.25) is 0 Å². The molecule has 1 saturated heterocycles. The Balaban J connectivity index is 2.16. The Kier molecular flexibility index (Phi) is 6.99. The Hall–Kier alpha value is -0.980. The number of ether oxygens (including phenoxy) is 2. The quantitative estimate of drug-likeness (QED) is 0.651. The molecule has 0 aliphatic carbocycles. The Bertz CT molecular complexity index is 547. The number of hydrogen-bond acceptors (Lipinski definition) is 3. The summed E-state index contributed by atoms with van der Waals surface area (Å²) in [6.45, 7) is 3.94. The van der Waals surface area contributed by atoms with Crippen molar-refractivity contribution >= 4 is 28.5 Å². The fraction of sp³-hybridized carbons (Fsp3) is 0.611. The molecule has 128 valence electrons. The number of methoxy groups -OCH3 is 2. The highest BCUT2D eigenvalue weighted by Gasteiger charge is 2.24. The van der Waals surface area contributed by atoms with Gasteiger partial charge in [0.25, 0.3) is 5.91 Å². The molecule has 1 unspecified atom stereocenters. The highest BCUT2D eigenvalue weighted by molar-refractivity contribution is 14.1. The van der Waals surface area contributed by atoms with Crippen molar-refractivity contribution in [3.63, 3.8) is 0 Å². The number of halogens is 1. The van der Waals surface area contributed by atoms with Gasteiger partial charge in [-0.1, -0.05) is 19.8 Å². The lowest BCUT2D eigenvalue weighted by molar-refractivity contribution is 0.0758. The second-order valence-electron chi connectivity index (χ2n) is 6.06. The van der Waals surface area contributed by atoms with E-state index in [-0.39, 0.29) is 5.91 Å². The number of benzene rings is 1. The average molecular weight is 431 g/mol. The Morgan fingerprint density at radius 1 is 1.22 bits per heavy atom. The first-order valence-corrected chi connectivity index (χ1v) is 9.39. The van der Waals surface area contributed by atoms with Crippen LogP contribution in [0.4, 0.5) is 0 Å². The largest absolute Gasteiger partial charge is 0.493 e. The molecule has 1 aliphatic heterocycles. The van der Waals surface area contributed by atoms with E-state index in [0.29, 0.717) is 17.1 Å². The summed E-state index contributed by atoms with van der Waals surface area (Å²) in [6.07, 6.45) is 5.95. The summed E-state index contributed by atoms with van der Waals surface area (Å²) >= 11 is 2.20. The molecule has 4 nitrogen and oxygen atoms in total. The average Bonchev–Trinajstić information content (AvgIpc) is 2.80. The number of carbonyl (C=O) groups excluding carboxylic acids is 1. The van der Waals surface area contributed by atoms with Gasteiger partial charge in [-0.15, -0.1) is 0 Å². The van der Waals surface area contributed by atoms with Gasteiger partial charge in [0.1, 0.15) is 0 Å². The first-order valence-electron chi connectivity index (χ1n) is 8.31. The minimum Gasteiger partial charge on any atom is -0.493 e. The molecular formula is C18H26INO3. The zero-order chi connectivity index (χ0) is 16.8. The number of amides is 1. The zero-order valence-electron chi connectivity index (χ0n) is 14.2. The van der Waals surface area contributed by atoms with E-state index in [1.165, 1.54) is 19.3 Å². The Morgan fingerprint density at radius 3 is 2.57 bits per heavy atom. The molecule has 0 radical (unpaired) electrons. The predicted octanol–water partition coefficient (Wildman–Crippen LogP) is 4.35. The molecule has 0 spiro atoms. The van der Waals surface area contributed by atoms with E-state index in [2.05, 4.69) is 29.5 Å². The van der Waals surface area contributed by atoms with E-state index in [1.54, 1.807) is 20.3 Å². The summed E-state index contributed by atoms with van der Waals surface area (Å²) in [5, 5.41) is 0. The molecule has 1 atom stereocenters. The lowest BCUT2D eigenvalue weighted by atomic mass is 9.96. The van der Waals surface area contributed by atoms with E-state index in [0.717, 1.165) is 35.4 Å². The van der Waals surface area contributed by atoms with Crippen molar-refractivity contribution in [3.8, 4) is 11.5 Å². The third kappa shape index (κ3) is 4.52. The lowest BCUT2D eigenvalue weighted by Crippen LogP contribution is -2.32. The molecule has 1 fully saturated rings. The van der Waals surface area contributed by atoms with Gasteiger partial charge in [0.15, 0.2) is 11.5 Å². The molecule has 5 heteroatoms. The fourth-order valence-electron chi connectivity index (χ4n) is 3.25. The minimum absolute atomic E-state index is 0.104. The van der Waals surface area contributed by atoms with Crippen LogP contribution in [0.5, 0.6) is 11.5 Å². The molecule has 23 heavy (non-hydrogen) atoms. The van der Waals surface area contributed by atoms with Crippen LogP contribution in [0.25, 0.3) is 0 Å². The fourth-order valence-corrected chi connectivity index (χ4v) is 3.92. The van der Waals surface area contributed by atoms with Crippen LogP contribution in [0.15, 0.2) is 12.1 Å². The van der Waals surface area contributed by atoms with E-state index in [4.69, 9.17) is 9.47 Å². The predicted molar refractivity (Wildman–Crippen MR) is 100 cm³/mol. The smallest absolute Gasteiger partial charge is 0.255 e. The van der Waals surface area contributed by atoms with Crippen LogP contribution < -0.4 is 9.47 Å². The number of carbonyl (C=O) groups is 1. The van der Waals surface area contributed by atoms with E-state index < -0.39 is 0 Å². The second-order valence-corrected chi connectivity index (χ2v) is 7.23. The van der Waals surface area contributed by atoms with Crippen LogP contribution in [0.2, 0.25) is 0 Å². The first-order chi connectivity index (χ1) is 11.1. The summed E-state index contributed by atoms with van der Waals surface area (Å²) < 4.78 is 11.5. The maximum atomic E-state index is 12.9. The van der Waals surface area contributed by atoms with Gasteiger partial charge in [0.05, 0.1) is 19.8 Å². The molecule has 1 aromatic rings. The molecule has 0 bridgehead atoms. The van der Waals surface area contributed by atoms with E-state index in [1.807, 2.05) is 11.0 Å². The summed E-state index contributed by atoms with van der Waals surface area (Å²) in [6, 6.07) is 3.67. The normalized spacial score (nSPS) is 18.4. The Morgan fingerprint density at radius 2 is 1.91 bits per heavy atom. The van der Waals surface area contributed by atoms with E-state index >= 15 is 0 Å². The third-order valence-corrected chi connectivity index (χ3v) is 5.43. The number of rotatable bonds is 5. The molecule has 1 aromatic carbocycles. The van der Waals surface area contributed by atoms with Crippen molar-refractivity contribution in [2.45, 2.75) is 39.0 Å². The molecule has 2 rings (SSSR count). The van der Waals surface area contributed by atoms with Gasteiger partial charge < -0.3 is 14.4 Å². The Labute approximate surface area is 152 Å². The van der Waals surface area contributed by atoms with Crippen LogP contribution in [-0.4, -0.2) is 38.1 Å². The molecular weight excluding hydrogens is 405 g/mol. The van der Waals surface area contributed by atoms with Crippen LogP contribution in [0, 0.1) is 9.49 Å². The maximum absolute atomic E-state index is 12.9. The highest BCUT2D eigenvalue weighted by atomic mass is 127. The summed E-state index contributed by atoms with van der Waals surface area (Å²) in [4.78, 5) is 14.9. The van der Waals surface area contributed by atoms with Gasteiger partial charge in [-0.3, -0.25) is 4.79 Å². The van der Waals surface area contributed by atoms with Crippen molar-refractivity contribution in [1.29, 1.82) is 0 Å².